The molecule has 0 spiro atoms. The molecular weight excluding hydrogens is 262 g/mol. The Morgan fingerprint density at radius 2 is 1.86 bits per heavy atom. The lowest BCUT2D eigenvalue weighted by Gasteiger charge is -2.30. The molecule has 0 fully saturated rings. The third kappa shape index (κ3) is 2.23. The molecule has 3 nitrogen and oxygen atoms in total. The minimum atomic E-state index is -0.141. The molecule has 3 heteroatoms. The summed E-state index contributed by atoms with van der Waals surface area (Å²) in [7, 11) is 0. The Labute approximate surface area is 124 Å². The van der Waals surface area contributed by atoms with Gasteiger partial charge in [-0.2, -0.15) is 0 Å². The number of rotatable bonds is 2. The smallest absolute Gasteiger partial charge is 0.122 e. The summed E-state index contributed by atoms with van der Waals surface area (Å²) in [4.78, 5) is 0. The van der Waals surface area contributed by atoms with Crippen LogP contribution in [0.15, 0.2) is 42.5 Å². The van der Waals surface area contributed by atoms with Gasteiger partial charge < -0.3 is 15.2 Å². The van der Waals surface area contributed by atoms with Crippen molar-refractivity contribution in [3.8, 4) is 5.75 Å². The van der Waals surface area contributed by atoms with Crippen molar-refractivity contribution in [2.75, 3.05) is 13.2 Å². The molecule has 2 unspecified atom stereocenters. The summed E-state index contributed by atoms with van der Waals surface area (Å²) in [6.07, 6.45) is 1.88. The fourth-order valence-electron chi connectivity index (χ4n) is 3.31. The lowest BCUT2D eigenvalue weighted by atomic mass is 9.89. The maximum atomic E-state index is 6.51. The number of hydrogen-bond acceptors (Lipinski definition) is 3. The van der Waals surface area contributed by atoms with Crippen LogP contribution in [-0.4, -0.2) is 13.2 Å². The molecule has 2 aliphatic heterocycles. The molecule has 21 heavy (non-hydrogen) atoms. The largest absolute Gasteiger partial charge is 0.493 e. The molecule has 0 radical (unpaired) electrons. The van der Waals surface area contributed by atoms with Crippen LogP contribution in [0.1, 0.15) is 34.4 Å². The number of fused-ring (bicyclic) bond motifs is 2. The van der Waals surface area contributed by atoms with Gasteiger partial charge in [0.05, 0.1) is 19.3 Å². The van der Waals surface area contributed by atoms with E-state index >= 15 is 0 Å². The van der Waals surface area contributed by atoms with Crippen molar-refractivity contribution < 1.29 is 9.47 Å². The van der Waals surface area contributed by atoms with Gasteiger partial charge in [-0.3, -0.25) is 0 Å². The van der Waals surface area contributed by atoms with Crippen LogP contribution in [0, 0.1) is 0 Å². The Kier molecular flexibility index (Phi) is 3.17. The second-order valence-electron chi connectivity index (χ2n) is 5.73. The maximum absolute atomic E-state index is 6.51. The molecule has 0 aliphatic carbocycles. The fraction of sp³-hybridized carbons (Fsp3) is 0.333. The average molecular weight is 281 g/mol. The Morgan fingerprint density at radius 1 is 1.00 bits per heavy atom. The summed E-state index contributed by atoms with van der Waals surface area (Å²) in [5.74, 6) is 0.996. The highest BCUT2D eigenvalue weighted by atomic mass is 16.5. The van der Waals surface area contributed by atoms with Gasteiger partial charge in [-0.05, 0) is 34.7 Å². The zero-order valence-corrected chi connectivity index (χ0v) is 11.9. The van der Waals surface area contributed by atoms with E-state index in [1.54, 1.807) is 0 Å². The maximum Gasteiger partial charge on any atom is 0.122 e. The summed E-state index contributed by atoms with van der Waals surface area (Å²) in [5, 5.41) is 0. The Bertz CT molecular complexity index is 668. The molecule has 2 N–H and O–H groups in total. The third-order valence-electron chi connectivity index (χ3n) is 4.46. The Morgan fingerprint density at radius 3 is 2.81 bits per heavy atom. The SMILES string of the molecule is NC(c1ccc2c(c1)CCO2)C1OCCc2ccccc21. The number of benzene rings is 2. The van der Waals surface area contributed by atoms with E-state index in [4.69, 9.17) is 15.2 Å². The van der Waals surface area contributed by atoms with E-state index < -0.39 is 0 Å². The van der Waals surface area contributed by atoms with E-state index in [0.29, 0.717) is 0 Å². The van der Waals surface area contributed by atoms with Crippen LogP contribution in [0.2, 0.25) is 0 Å². The molecule has 0 amide bonds. The quantitative estimate of drug-likeness (QED) is 0.920. The summed E-state index contributed by atoms with van der Waals surface area (Å²) >= 11 is 0. The molecule has 0 aromatic heterocycles. The minimum absolute atomic E-state index is 0.0599. The minimum Gasteiger partial charge on any atom is -0.493 e. The van der Waals surface area contributed by atoms with E-state index in [1.807, 2.05) is 6.07 Å². The standard InChI is InChI=1S/C18H19NO2/c19-17(14-5-6-16-13(11-14)8-9-20-16)18-15-4-2-1-3-12(15)7-10-21-18/h1-6,11,17-18H,7-10,19H2. The van der Waals surface area contributed by atoms with Crippen molar-refractivity contribution in [2.45, 2.75) is 25.0 Å². The van der Waals surface area contributed by atoms with E-state index in [0.717, 1.165) is 37.4 Å². The van der Waals surface area contributed by atoms with E-state index in [1.165, 1.54) is 16.7 Å². The molecule has 2 aliphatic rings. The topological polar surface area (TPSA) is 44.5 Å². The molecular formula is C18H19NO2. The zero-order chi connectivity index (χ0) is 14.2. The molecule has 2 heterocycles. The molecule has 2 atom stereocenters. The van der Waals surface area contributed by atoms with Gasteiger partial charge in [0.15, 0.2) is 0 Å². The van der Waals surface area contributed by atoms with Gasteiger partial charge in [0.25, 0.3) is 0 Å². The van der Waals surface area contributed by atoms with Gasteiger partial charge in [-0.15, -0.1) is 0 Å². The van der Waals surface area contributed by atoms with Crippen molar-refractivity contribution in [1.29, 1.82) is 0 Å². The van der Waals surface area contributed by atoms with Gasteiger partial charge in [-0.25, -0.2) is 0 Å². The molecule has 108 valence electrons. The predicted molar refractivity (Wildman–Crippen MR) is 81.4 cm³/mol. The lowest BCUT2D eigenvalue weighted by molar-refractivity contribution is 0.0241. The second-order valence-corrected chi connectivity index (χ2v) is 5.73. The number of ether oxygens (including phenoxy) is 2. The highest BCUT2D eigenvalue weighted by Crippen LogP contribution is 2.37. The first kappa shape index (κ1) is 12.9. The van der Waals surface area contributed by atoms with Crippen molar-refractivity contribution >= 4 is 0 Å². The first-order valence-electron chi connectivity index (χ1n) is 7.53. The summed E-state index contributed by atoms with van der Waals surface area (Å²) in [6.45, 7) is 1.51. The van der Waals surface area contributed by atoms with Crippen LogP contribution in [0.5, 0.6) is 5.75 Å². The van der Waals surface area contributed by atoms with E-state index in [-0.39, 0.29) is 12.1 Å². The van der Waals surface area contributed by atoms with Gasteiger partial charge >= 0.3 is 0 Å². The molecule has 0 bridgehead atoms. The van der Waals surface area contributed by atoms with Crippen LogP contribution in [-0.2, 0) is 17.6 Å². The fourth-order valence-corrected chi connectivity index (χ4v) is 3.31. The summed E-state index contributed by atoms with van der Waals surface area (Å²) in [5.41, 5.74) is 11.5. The molecule has 2 aromatic rings. The predicted octanol–water partition coefficient (Wildman–Crippen LogP) is 2.94. The molecule has 0 saturated carbocycles. The number of nitrogens with two attached hydrogens (primary N) is 1. The van der Waals surface area contributed by atoms with Gasteiger partial charge in [0.1, 0.15) is 11.9 Å². The van der Waals surface area contributed by atoms with Crippen molar-refractivity contribution in [2.24, 2.45) is 5.73 Å². The van der Waals surface area contributed by atoms with Crippen molar-refractivity contribution in [1.82, 2.24) is 0 Å². The van der Waals surface area contributed by atoms with Crippen molar-refractivity contribution in [3.05, 3.63) is 64.7 Å². The molecule has 2 aromatic carbocycles. The highest BCUT2D eigenvalue weighted by molar-refractivity contribution is 5.42. The normalized spacial score (nSPS) is 21.3. The van der Waals surface area contributed by atoms with E-state index in [2.05, 4.69) is 36.4 Å². The van der Waals surface area contributed by atoms with Crippen LogP contribution >= 0.6 is 0 Å². The Hall–Kier alpha value is -1.84. The first-order valence-corrected chi connectivity index (χ1v) is 7.53. The Balaban J connectivity index is 1.68. The van der Waals surface area contributed by atoms with Gasteiger partial charge in [0, 0.05) is 6.42 Å². The summed E-state index contributed by atoms with van der Waals surface area (Å²) < 4.78 is 11.5. The van der Waals surface area contributed by atoms with Crippen molar-refractivity contribution in [3.63, 3.8) is 0 Å². The van der Waals surface area contributed by atoms with Crippen LogP contribution < -0.4 is 10.5 Å². The number of hydrogen-bond donors (Lipinski definition) is 1. The van der Waals surface area contributed by atoms with E-state index in [9.17, 15) is 0 Å². The first-order chi connectivity index (χ1) is 10.3. The third-order valence-corrected chi connectivity index (χ3v) is 4.46. The van der Waals surface area contributed by atoms with Crippen LogP contribution in [0.25, 0.3) is 0 Å². The lowest BCUT2D eigenvalue weighted by Crippen LogP contribution is -2.27. The van der Waals surface area contributed by atoms with Gasteiger partial charge in [0.2, 0.25) is 0 Å². The zero-order valence-electron chi connectivity index (χ0n) is 11.9. The summed E-state index contributed by atoms with van der Waals surface area (Å²) in [6, 6.07) is 14.6. The molecule has 0 saturated heterocycles. The average Bonchev–Trinajstić information content (AvgIpc) is 3.01. The van der Waals surface area contributed by atoms with Crippen LogP contribution in [0.3, 0.4) is 0 Å². The van der Waals surface area contributed by atoms with Gasteiger partial charge in [-0.1, -0.05) is 36.4 Å². The highest BCUT2D eigenvalue weighted by Gasteiger charge is 2.28. The molecule has 4 rings (SSSR count). The van der Waals surface area contributed by atoms with Crippen LogP contribution in [0.4, 0.5) is 0 Å². The second kappa shape index (κ2) is 5.17. The monoisotopic (exact) mass is 281 g/mol.